The Hall–Kier alpha value is -6.32. The summed E-state index contributed by atoms with van der Waals surface area (Å²) in [5.74, 6) is 0.772. The van der Waals surface area contributed by atoms with Gasteiger partial charge in [-0.25, -0.2) is 9.59 Å². The molecule has 3 aliphatic rings. The molecule has 19 nitrogen and oxygen atoms in total. The Morgan fingerprint density at radius 2 is 1.68 bits per heavy atom. The monoisotopic (exact) mass is 963 g/mol. The molecule has 0 bridgehead atoms. The van der Waals surface area contributed by atoms with Gasteiger partial charge in [-0.3, -0.25) is 28.6 Å². The molecule has 3 aromatic heterocycles. The van der Waals surface area contributed by atoms with Gasteiger partial charge in [-0.1, -0.05) is 18.2 Å². The zero-order chi connectivity index (χ0) is 48.1. The summed E-state index contributed by atoms with van der Waals surface area (Å²) in [7, 11) is 3.79. The Morgan fingerprint density at radius 3 is 2.48 bits per heavy atom. The Labute approximate surface area is 404 Å². The number of anilines is 1. The lowest BCUT2D eigenvalue weighted by atomic mass is 10.0. The zero-order valence-corrected chi connectivity index (χ0v) is 39.9. The van der Waals surface area contributed by atoms with Gasteiger partial charge >= 0.3 is 12.1 Å². The smallest absolute Gasteiger partial charge is 0.315 e. The number of hydrogen-bond donors (Lipinski definition) is 5. The van der Waals surface area contributed by atoms with Crippen LogP contribution in [0.5, 0.6) is 0 Å². The van der Waals surface area contributed by atoms with Crippen LogP contribution in [0, 0.1) is 0 Å². The quantitative estimate of drug-likeness (QED) is 0.0261. The predicted octanol–water partition coefficient (Wildman–Crippen LogP) is 3.12. The molecule has 3 unspecified atom stereocenters. The molecule has 3 atom stereocenters. The van der Waals surface area contributed by atoms with Gasteiger partial charge in [0, 0.05) is 110 Å². The normalized spacial score (nSPS) is 17.4. The van der Waals surface area contributed by atoms with Gasteiger partial charge in [-0.15, -0.1) is 0 Å². The first-order chi connectivity index (χ1) is 33.6. The first-order valence-electron chi connectivity index (χ1n) is 23.5. The second-order valence-electron chi connectivity index (χ2n) is 17.3. The van der Waals surface area contributed by atoms with E-state index in [-0.39, 0.29) is 41.5 Å². The first kappa shape index (κ1) is 49.1. The lowest BCUT2D eigenvalue weighted by Gasteiger charge is -2.18. The van der Waals surface area contributed by atoms with Crippen LogP contribution < -0.4 is 37.0 Å². The van der Waals surface area contributed by atoms with E-state index >= 15 is 0 Å². The van der Waals surface area contributed by atoms with Gasteiger partial charge in [0.2, 0.25) is 5.91 Å². The van der Waals surface area contributed by atoms with Gasteiger partial charge < -0.3 is 50.6 Å². The van der Waals surface area contributed by atoms with Crippen LogP contribution in [0.1, 0.15) is 24.8 Å². The fraction of sp³-hybridized carbons (Fsp3) is 0.449. The zero-order valence-electron chi connectivity index (χ0n) is 39.1. The van der Waals surface area contributed by atoms with Crippen LogP contribution in [0.4, 0.5) is 15.3 Å². The minimum atomic E-state index is -0.293. The van der Waals surface area contributed by atoms with Crippen LogP contribution in [0.25, 0.3) is 38.6 Å². The molecule has 366 valence electrons. The van der Waals surface area contributed by atoms with Crippen molar-refractivity contribution < 1.29 is 33.4 Å². The lowest BCUT2D eigenvalue weighted by molar-refractivity contribution is -0.121. The number of fused-ring (bicyclic) bond motifs is 5. The van der Waals surface area contributed by atoms with E-state index in [0.29, 0.717) is 103 Å². The SMILES string of the molecule is CN(C/C=C/C(=O)N1CCc2ccc(-n3c(=O)ccc4cnc5ccc(-c6cnn(C)c6)cc5c43)cc21)CCNC(=O)NCCOCCOCCOCCNC(=O)CCCC1SCC2NC(=O)NC21. The number of carbonyl (C=O) groups excluding carboxylic acids is 4. The number of rotatable bonds is 24. The summed E-state index contributed by atoms with van der Waals surface area (Å²) in [6.45, 7) is 5.15. The Kier molecular flexibility index (Phi) is 16.9. The number of nitrogens with zero attached hydrogens (tertiary/aromatic N) is 6. The fourth-order valence-corrected chi connectivity index (χ4v) is 10.4. The number of nitrogens with one attached hydrogen (secondary N) is 5. The average Bonchev–Trinajstić information content (AvgIpc) is 4.15. The summed E-state index contributed by atoms with van der Waals surface area (Å²) < 4.78 is 20.1. The maximum absolute atomic E-state index is 13.6. The third-order valence-electron chi connectivity index (χ3n) is 12.4. The second kappa shape index (κ2) is 23.8. The minimum absolute atomic E-state index is 0.000977. The third-order valence-corrected chi connectivity index (χ3v) is 13.9. The highest BCUT2D eigenvalue weighted by Crippen LogP contribution is 2.35. The van der Waals surface area contributed by atoms with E-state index in [9.17, 15) is 24.0 Å². The second-order valence-corrected chi connectivity index (χ2v) is 18.6. The van der Waals surface area contributed by atoms with Crippen molar-refractivity contribution in [3.05, 3.63) is 95.2 Å². The van der Waals surface area contributed by atoms with Crippen molar-refractivity contribution in [1.29, 1.82) is 0 Å². The van der Waals surface area contributed by atoms with Crippen molar-refractivity contribution in [3.63, 3.8) is 0 Å². The number of thioether (sulfide) groups is 1. The molecule has 2 fully saturated rings. The summed E-state index contributed by atoms with van der Waals surface area (Å²) in [4.78, 5) is 71.6. The topological polar surface area (TPSA) is 215 Å². The standard InChI is InChI=1S/C49H61N11O8S/c1-57(20-15-51-48(64)52-17-22-67-24-26-68-25-23-66-21-16-50-43(61)6-3-5-42-46-40(32-69-42)55-49(65)56-46)18-4-7-44(62)59-19-14-33-8-11-37(28-41(33)59)60-45(63)13-10-35-29-53-39-12-9-34(27-38(39)47(35)60)36-30-54-58(2)31-36/h4,7-13,27-31,40,42,46H,3,5-6,14-26,32H2,1-2H3,(H,50,61)(H2,51,52,64)(H2,55,56,65)/b7-4+. The van der Waals surface area contributed by atoms with E-state index in [1.54, 1.807) is 38.6 Å². The van der Waals surface area contributed by atoms with E-state index in [4.69, 9.17) is 14.2 Å². The first-order valence-corrected chi connectivity index (χ1v) is 24.6. The number of ether oxygens (including phenoxy) is 3. The highest BCUT2D eigenvalue weighted by Gasteiger charge is 2.42. The minimum Gasteiger partial charge on any atom is -0.377 e. The molecule has 5 N–H and O–H groups in total. The van der Waals surface area contributed by atoms with E-state index in [2.05, 4.69) is 36.7 Å². The highest BCUT2D eigenvalue weighted by molar-refractivity contribution is 8.00. The molecule has 69 heavy (non-hydrogen) atoms. The molecule has 5 aromatic rings. The number of aryl methyl sites for hydroxylation is 1. The van der Waals surface area contributed by atoms with Crippen molar-refractivity contribution in [2.45, 2.75) is 43.0 Å². The van der Waals surface area contributed by atoms with Crippen LogP contribution >= 0.6 is 11.8 Å². The van der Waals surface area contributed by atoms with Crippen LogP contribution in [0.2, 0.25) is 0 Å². The summed E-state index contributed by atoms with van der Waals surface area (Å²) in [6.07, 6.45) is 11.8. The van der Waals surface area contributed by atoms with Crippen molar-refractivity contribution in [2.75, 3.05) is 96.6 Å². The molecule has 2 aromatic carbocycles. The largest absolute Gasteiger partial charge is 0.377 e. The van der Waals surface area contributed by atoms with Crippen molar-refractivity contribution in [1.82, 2.24) is 50.8 Å². The van der Waals surface area contributed by atoms with Gasteiger partial charge in [0.15, 0.2) is 0 Å². The molecular formula is C49H61N11O8S. The number of benzene rings is 2. The van der Waals surface area contributed by atoms with E-state index in [1.807, 2.05) is 85.6 Å². The molecule has 0 spiro atoms. The number of hydrogen-bond acceptors (Lipinski definition) is 12. The Bertz CT molecular complexity index is 2710. The molecule has 8 rings (SSSR count). The molecule has 0 aliphatic carbocycles. The summed E-state index contributed by atoms with van der Waals surface area (Å²) >= 11 is 1.85. The van der Waals surface area contributed by atoms with E-state index < -0.39 is 0 Å². The third kappa shape index (κ3) is 12.9. The number of urea groups is 2. The molecule has 2 saturated heterocycles. The molecule has 20 heteroatoms. The highest BCUT2D eigenvalue weighted by atomic mass is 32.2. The van der Waals surface area contributed by atoms with Gasteiger partial charge in [-0.2, -0.15) is 16.9 Å². The Morgan fingerprint density at radius 1 is 0.899 bits per heavy atom. The average molecular weight is 964 g/mol. The van der Waals surface area contributed by atoms with Crippen LogP contribution in [0.15, 0.2) is 84.1 Å². The molecule has 6 heterocycles. The van der Waals surface area contributed by atoms with Crippen LogP contribution in [-0.2, 0) is 37.3 Å². The predicted molar refractivity (Wildman–Crippen MR) is 266 cm³/mol. The van der Waals surface area contributed by atoms with Crippen LogP contribution in [-0.4, -0.2) is 157 Å². The summed E-state index contributed by atoms with van der Waals surface area (Å²) in [5.41, 5.74) is 5.73. The van der Waals surface area contributed by atoms with Gasteiger partial charge in [0.1, 0.15) is 0 Å². The Balaban J connectivity index is 0.672. The van der Waals surface area contributed by atoms with Gasteiger partial charge in [0.05, 0.1) is 74.6 Å². The number of aromatic nitrogens is 4. The lowest BCUT2D eigenvalue weighted by Crippen LogP contribution is -2.40. The summed E-state index contributed by atoms with van der Waals surface area (Å²) in [5, 5.41) is 20.7. The van der Waals surface area contributed by atoms with Gasteiger partial charge in [0.25, 0.3) is 11.5 Å². The molecule has 0 saturated carbocycles. The molecular weight excluding hydrogens is 903 g/mol. The molecule has 6 amide bonds. The van der Waals surface area contributed by atoms with E-state index in [1.165, 1.54) is 0 Å². The van der Waals surface area contributed by atoms with Gasteiger partial charge in [-0.05, 0) is 67.8 Å². The van der Waals surface area contributed by atoms with Crippen molar-refractivity contribution >= 4 is 63.1 Å². The fourth-order valence-electron chi connectivity index (χ4n) is 8.83. The molecule has 0 radical (unpaired) electrons. The van der Waals surface area contributed by atoms with Crippen molar-refractivity contribution in [3.8, 4) is 16.8 Å². The van der Waals surface area contributed by atoms with Crippen molar-refractivity contribution in [2.24, 2.45) is 7.05 Å². The molecule has 3 aliphatic heterocycles. The summed E-state index contributed by atoms with van der Waals surface area (Å²) in [6, 6.07) is 15.2. The number of pyridine rings is 2. The van der Waals surface area contributed by atoms with E-state index in [0.717, 1.165) is 62.8 Å². The van der Waals surface area contributed by atoms with Crippen LogP contribution in [0.3, 0.4) is 0 Å². The number of carbonyl (C=O) groups is 4. The number of likely N-dealkylation sites (N-methyl/N-ethyl adjacent to an activating group) is 1. The maximum Gasteiger partial charge on any atom is 0.315 e. The number of amides is 6. The maximum atomic E-state index is 13.6.